The quantitative estimate of drug-likeness (QED) is 0.555. The fourth-order valence-corrected chi connectivity index (χ4v) is 3.37. The van der Waals surface area contributed by atoms with Crippen LogP contribution in [0.25, 0.3) is 0 Å². The lowest BCUT2D eigenvalue weighted by atomic mass is 9.91. The van der Waals surface area contributed by atoms with Gasteiger partial charge in [0.25, 0.3) is 0 Å². The number of aromatic nitrogens is 1. The molecule has 0 aliphatic carbocycles. The Bertz CT molecular complexity index is 777. The van der Waals surface area contributed by atoms with Crippen molar-refractivity contribution in [2.75, 3.05) is 31.5 Å². The van der Waals surface area contributed by atoms with Crippen LogP contribution in [0.5, 0.6) is 0 Å². The molecular formula is C17H21BrF3N5O3. The van der Waals surface area contributed by atoms with Crippen LogP contribution in [0.3, 0.4) is 0 Å². The summed E-state index contributed by atoms with van der Waals surface area (Å²) in [5.74, 6) is -1.78. The van der Waals surface area contributed by atoms with Crippen molar-refractivity contribution in [1.29, 1.82) is 0 Å². The molecule has 2 saturated heterocycles. The van der Waals surface area contributed by atoms with E-state index in [0.29, 0.717) is 18.5 Å². The zero-order chi connectivity index (χ0) is 20.3. The van der Waals surface area contributed by atoms with Gasteiger partial charge in [0.15, 0.2) is 0 Å². The predicted molar refractivity (Wildman–Crippen MR) is 103 cm³/mol. The van der Waals surface area contributed by atoms with Crippen molar-refractivity contribution >= 4 is 40.5 Å². The maximum absolute atomic E-state index is 13.1. The number of hydrogen-bond donors (Lipinski definition) is 3. The molecule has 0 bridgehead atoms. The molecule has 8 nitrogen and oxygen atoms in total. The van der Waals surface area contributed by atoms with Crippen LogP contribution < -0.4 is 16.0 Å². The summed E-state index contributed by atoms with van der Waals surface area (Å²) < 4.78 is 39.3. The van der Waals surface area contributed by atoms with Crippen LogP contribution in [0, 0.1) is 0 Å². The second-order valence-electron chi connectivity index (χ2n) is 6.76. The highest BCUT2D eigenvalue weighted by Crippen LogP contribution is 2.27. The van der Waals surface area contributed by atoms with Crippen LogP contribution in [0.15, 0.2) is 18.3 Å². The first-order chi connectivity index (χ1) is 13.2. The Labute approximate surface area is 175 Å². The van der Waals surface area contributed by atoms with Gasteiger partial charge in [-0.05, 0) is 24.1 Å². The highest BCUT2D eigenvalue weighted by molar-refractivity contribution is 8.93. The molecule has 0 aromatic carbocycles. The SMILES string of the molecule is Br.O=C1CCC(c2ccnc(NC(=O)CN3CCNC[C@@H]3C(F)(F)F)c2)C(=O)N1. The summed E-state index contributed by atoms with van der Waals surface area (Å²) in [6, 6.07) is 1.37. The molecule has 1 aromatic rings. The smallest absolute Gasteiger partial charge is 0.314 e. The Morgan fingerprint density at radius 2 is 2.10 bits per heavy atom. The lowest BCUT2D eigenvalue weighted by Gasteiger charge is -2.36. The van der Waals surface area contributed by atoms with Crippen molar-refractivity contribution in [3.63, 3.8) is 0 Å². The fourth-order valence-electron chi connectivity index (χ4n) is 3.37. The van der Waals surface area contributed by atoms with Crippen molar-refractivity contribution in [3.8, 4) is 0 Å². The van der Waals surface area contributed by atoms with Crippen LogP contribution in [-0.2, 0) is 14.4 Å². The molecular weight excluding hydrogens is 459 g/mol. The largest absolute Gasteiger partial charge is 0.405 e. The summed E-state index contributed by atoms with van der Waals surface area (Å²) in [5.41, 5.74) is 0.575. The molecule has 1 aromatic heterocycles. The Morgan fingerprint density at radius 1 is 1.34 bits per heavy atom. The number of alkyl halides is 3. The number of rotatable bonds is 4. The maximum Gasteiger partial charge on any atom is 0.405 e. The zero-order valence-electron chi connectivity index (χ0n) is 15.3. The molecule has 0 radical (unpaired) electrons. The number of imide groups is 1. The van der Waals surface area contributed by atoms with E-state index < -0.39 is 36.5 Å². The van der Waals surface area contributed by atoms with Gasteiger partial charge < -0.3 is 10.6 Å². The molecule has 3 amide bonds. The molecule has 3 rings (SSSR count). The van der Waals surface area contributed by atoms with Crippen molar-refractivity contribution in [3.05, 3.63) is 23.9 Å². The van der Waals surface area contributed by atoms with E-state index in [0.717, 1.165) is 4.90 Å². The normalized spacial score (nSPS) is 23.1. The Balaban J connectivity index is 0.00000300. The molecule has 2 aliphatic heterocycles. The average molecular weight is 480 g/mol. The van der Waals surface area contributed by atoms with Gasteiger partial charge >= 0.3 is 6.18 Å². The first kappa shape index (κ1) is 23.2. The summed E-state index contributed by atoms with van der Waals surface area (Å²) in [7, 11) is 0. The number of pyridine rings is 1. The molecule has 29 heavy (non-hydrogen) atoms. The predicted octanol–water partition coefficient (Wildman–Crippen LogP) is 0.954. The number of nitrogens with one attached hydrogen (secondary N) is 3. The van der Waals surface area contributed by atoms with Gasteiger partial charge in [0.2, 0.25) is 17.7 Å². The fraction of sp³-hybridized carbons (Fsp3) is 0.529. The Morgan fingerprint density at radius 3 is 2.79 bits per heavy atom. The zero-order valence-corrected chi connectivity index (χ0v) is 17.0. The maximum atomic E-state index is 13.1. The monoisotopic (exact) mass is 479 g/mol. The number of piperidine rings is 1. The third-order valence-electron chi connectivity index (χ3n) is 4.77. The summed E-state index contributed by atoms with van der Waals surface area (Å²) in [5, 5.41) is 7.42. The van der Waals surface area contributed by atoms with Crippen LogP contribution >= 0.6 is 17.0 Å². The van der Waals surface area contributed by atoms with E-state index in [1.165, 1.54) is 12.3 Å². The van der Waals surface area contributed by atoms with E-state index in [1.54, 1.807) is 6.07 Å². The topological polar surface area (TPSA) is 103 Å². The second kappa shape index (κ2) is 9.63. The lowest BCUT2D eigenvalue weighted by Crippen LogP contribution is -2.59. The molecule has 1 unspecified atom stereocenters. The number of carbonyl (C=O) groups is 3. The molecule has 0 spiro atoms. The number of amides is 3. The van der Waals surface area contributed by atoms with Crippen molar-refractivity contribution in [2.24, 2.45) is 0 Å². The van der Waals surface area contributed by atoms with Gasteiger partial charge in [-0.15, -0.1) is 17.0 Å². The number of halogens is 4. The number of piperazine rings is 1. The minimum atomic E-state index is -4.43. The van der Waals surface area contributed by atoms with Crippen molar-refractivity contribution in [1.82, 2.24) is 20.5 Å². The van der Waals surface area contributed by atoms with E-state index in [4.69, 9.17) is 0 Å². The van der Waals surface area contributed by atoms with Gasteiger partial charge in [-0.1, -0.05) is 0 Å². The van der Waals surface area contributed by atoms with Crippen molar-refractivity contribution in [2.45, 2.75) is 31.0 Å². The summed E-state index contributed by atoms with van der Waals surface area (Å²) in [6.45, 7) is -0.222. The van der Waals surface area contributed by atoms with Gasteiger partial charge in [0.05, 0.1) is 12.5 Å². The van der Waals surface area contributed by atoms with Gasteiger partial charge in [-0.3, -0.25) is 24.6 Å². The lowest BCUT2D eigenvalue weighted by molar-refractivity contribution is -0.187. The third kappa shape index (κ3) is 5.97. The Hall–Kier alpha value is -2.05. The number of carbonyl (C=O) groups excluding carboxylic acids is 3. The first-order valence-electron chi connectivity index (χ1n) is 8.85. The van der Waals surface area contributed by atoms with E-state index in [-0.39, 0.29) is 48.2 Å². The first-order valence-corrected chi connectivity index (χ1v) is 8.85. The highest BCUT2D eigenvalue weighted by Gasteiger charge is 2.45. The molecule has 2 fully saturated rings. The van der Waals surface area contributed by atoms with E-state index in [9.17, 15) is 27.6 Å². The number of nitrogens with zero attached hydrogens (tertiary/aromatic N) is 2. The summed E-state index contributed by atoms with van der Waals surface area (Å²) in [6.07, 6.45) is -2.48. The third-order valence-corrected chi connectivity index (χ3v) is 4.77. The van der Waals surface area contributed by atoms with Crippen molar-refractivity contribution < 1.29 is 27.6 Å². The van der Waals surface area contributed by atoms with Gasteiger partial charge in [0, 0.05) is 32.3 Å². The molecule has 12 heteroatoms. The minimum absolute atomic E-state index is 0. The van der Waals surface area contributed by atoms with Crippen LogP contribution in [-0.4, -0.2) is 66.0 Å². The molecule has 3 N–H and O–H groups in total. The van der Waals surface area contributed by atoms with Crippen LogP contribution in [0.4, 0.5) is 19.0 Å². The van der Waals surface area contributed by atoms with Gasteiger partial charge in [-0.2, -0.15) is 13.2 Å². The average Bonchev–Trinajstić information content (AvgIpc) is 2.61. The number of anilines is 1. The summed E-state index contributed by atoms with van der Waals surface area (Å²) >= 11 is 0. The van der Waals surface area contributed by atoms with E-state index >= 15 is 0 Å². The van der Waals surface area contributed by atoms with Gasteiger partial charge in [-0.25, -0.2) is 4.98 Å². The molecule has 2 atom stereocenters. The number of hydrogen-bond acceptors (Lipinski definition) is 6. The molecule has 3 heterocycles. The molecule has 2 aliphatic rings. The standard InChI is InChI=1S/C17H20F3N5O3.BrH/c18-17(19,20)12-8-21-5-6-25(12)9-15(27)23-13-7-10(3-4-22-13)11-1-2-14(26)24-16(11)28;/h3-4,7,11-12,21H,1-2,5-6,8-9H2,(H,22,23,27)(H,24,26,28);1H/t11?,12-;/m1./s1. The van der Waals surface area contributed by atoms with Gasteiger partial charge in [0.1, 0.15) is 11.9 Å². The highest BCUT2D eigenvalue weighted by atomic mass is 79.9. The second-order valence-corrected chi connectivity index (χ2v) is 6.76. The van der Waals surface area contributed by atoms with Crippen LogP contribution in [0.2, 0.25) is 0 Å². The van der Waals surface area contributed by atoms with E-state index in [1.807, 2.05) is 0 Å². The summed E-state index contributed by atoms with van der Waals surface area (Å²) in [4.78, 5) is 40.5. The minimum Gasteiger partial charge on any atom is -0.314 e. The van der Waals surface area contributed by atoms with E-state index in [2.05, 4.69) is 20.9 Å². The molecule has 160 valence electrons. The Kier molecular flexibility index (Phi) is 7.72. The molecule has 0 saturated carbocycles. The van der Waals surface area contributed by atoms with Crippen LogP contribution in [0.1, 0.15) is 24.3 Å².